The number of piperazine rings is 1. The van der Waals surface area contributed by atoms with Crippen molar-refractivity contribution < 1.29 is 33.0 Å². The Balaban J connectivity index is 1.54. The molecular formula is C35H40FN7O7. The molecule has 1 atom stereocenters. The van der Waals surface area contributed by atoms with Crippen LogP contribution >= 0.6 is 0 Å². The Morgan fingerprint density at radius 3 is 2.34 bits per heavy atom. The first kappa shape index (κ1) is 35.4. The van der Waals surface area contributed by atoms with E-state index in [9.17, 15) is 23.6 Å². The lowest BCUT2D eigenvalue weighted by atomic mass is 10.1. The lowest BCUT2D eigenvalue weighted by molar-refractivity contribution is -0.132. The quantitative estimate of drug-likeness (QED) is 0.259. The number of benzene rings is 3. The fourth-order valence-corrected chi connectivity index (χ4v) is 5.74. The fraction of sp³-hybridized carbons (Fsp3) is 0.343. The van der Waals surface area contributed by atoms with Crippen molar-refractivity contribution in [3.05, 3.63) is 88.7 Å². The largest absolute Gasteiger partial charge is 0.497 e. The van der Waals surface area contributed by atoms with Crippen molar-refractivity contribution in [3.8, 4) is 11.5 Å². The van der Waals surface area contributed by atoms with E-state index in [2.05, 4.69) is 5.32 Å². The van der Waals surface area contributed by atoms with Gasteiger partial charge in [0.05, 0.1) is 56.5 Å². The van der Waals surface area contributed by atoms with Crippen LogP contribution in [-0.4, -0.2) is 98.1 Å². The molecule has 0 radical (unpaired) electrons. The molecule has 4 aromatic rings. The van der Waals surface area contributed by atoms with E-state index in [1.807, 2.05) is 0 Å². The Morgan fingerprint density at radius 1 is 0.980 bits per heavy atom. The molecule has 15 heteroatoms. The summed E-state index contributed by atoms with van der Waals surface area (Å²) in [6, 6.07) is 15.8. The van der Waals surface area contributed by atoms with Crippen LogP contribution in [0.3, 0.4) is 0 Å². The van der Waals surface area contributed by atoms with Gasteiger partial charge in [-0.3, -0.25) is 14.5 Å². The van der Waals surface area contributed by atoms with E-state index in [4.69, 9.17) is 19.2 Å². The number of carbonyl (C=O) groups excluding carboxylic acids is 3. The van der Waals surface area contributed by atoms with Crippen LogP contribution in [0.2, 0.25) is 0 Å². The van der Waals surface area contributed by atoms with Crippen molar-refractivity contribution in [2.45, 2.75) is 19.9 Å². The highest BCUT2D eigenvalue weighted by Gasteiger charge is 2.33. The summed E-state index contributed by atoms with van der Waals surface area (Å²) in [5.41, 5.74) is 0.793. The summed E-state index contributed by atoms with van der Waals surface area (Å²) >= 11 is 0. The third-order valence-corrected chi connectivity index (χ3v) is 8.34. The van der Waals surface area contributed by atoms with Gasteiger partial charge in [-0.05, 0) is 62.4 Å². The molecule has 1 fully saturated rings. The average Bonchev–Trinajstić information content (AvgIpc) is 3.12. The van der Waals surface area contributed by atoms with Crippen LogP contribution in [0, 0.1) is 5.82 Å². The van der Waals surface area contributed by atoms with Crippen LogP contribution in [-0.2, 0) is 9.53 Å². The molecule has 1 aliphatic rings. The van der Waals surface area contributed by atoms with Crippen LogP contribution in [0.4, 0.5) is 25.4 Å². The number of fused-ring (bicyclic) bond motifs is 1. The summed E-state index contributed by atoms with van der Waals surface area (Å²) in [4.78, 5) is 62.7. The Bertz CT molecular complexity index is 1910. The number of carbonyl (C=O) groups is 3. The molecule has 0 aliphatic carbocycles. The number of nitrogens with one attached hydrogen (secondary N) is 1. The zero-order chi connectivity index (χ0) is 35.9. The van der Waals surface area contributed by atoms with Crippen LogP contribution in [0.15, 0.2) is 71.5 Å². The van der Waals surface area contributed by atoms with Gasteiger partial charge in [-0.15, -0.1) is 0 Å². The first-order valence-electron chi connectivity index (χ1n) is 16.1. The first-order valence-corrected chi connectivity index (χ1v) is 16.1. The minimum atomic E-state index is -0.882. The van der Waals surface area contributed by atoms with Gasteiger partial charge in [0.2, 0.25) is 5.91 Å². The predicted octanol–water partition coefficient (Wildman–Crippen LogP) is 4.22. The number of para-hydroxylation sites is 1. The van der Waals surface area contributed by atoms with Crippen molar-refractivity contribution in [2.24, 2.45) is 0 Å². The Hall–Kier alpha value is -5.86. The molecule has 50 heavy (non-hydrogen) atoms. The molecule has 1 aliphatic heterocycles. The zero-order valence-electron chi connectivity index (χ0n) is 28.6. The van der Waals surface area contributed by atoms with Gasteiger partial charge >= 0.3 is 12.1 Å². The second kappa shape index (κ2) is 15.6. The molecule has 1 N–H and O–H groups in total. The van der Waals surface area contributed by atoms with Crippen molar-refractivity contribution >= 4 is 40.3 Å². The molecule has 4 amide bonds. The molecule has 264 valence electrons. The number of urea groups is 1. The number of methoxy groups -OCH3 is 2. The van der Waals surface area contributed by atoms with Crippen molar-refractivity contribution in [1.29, 1.82) is 0 Å². The topological polar surface area (TPSA) is 139 Å². The average molecular weight is 690 g/mol. The minimum absolute atomic E-state index is 0.152. The summed E-state index contributed by atoms with van der Waals surface area (Å²) in [7, 11) is 4.48. The number of ether oxygens (including phenoxy) is 3. The zero-order valence-corrected chi connectivity index (χ0v) is 28.6. The molecule has 1 unspecified atom stereocenters. The van der Waals surface area contributed by atoms with Gasteiger partial charge in [0.15, 0.2) is 5.82 Å². The number of rotatable bonds is 10. The van der Waals surface area contributed by atoms with Crippen molar-refractivity contribution in [3.63, 3.8) is 0 Å². The highest BCUT2D eigenvalue weighted by molar-refractivity contribution is 6.03. The second-order valence-electron chi connectivity index (χ2n) is 11.5. The molecule has 14 nitrogen and oxygen atoms in total. The van der Waals surface area contributed by atoms with E-state index >= 15 is 0 Å². The van der Waals surface area contributed by atoms with E-state index in [1.54, 1.807) is 66.2 Å². The number of aromatic nitrogens is 2. The SMILES string of the molecule is CCOC(=O)N(C)CC(=O)N1CCN(n2c(C(C)N(C(=O)Nc3ccc(F)cc3)c3ccc(OC)cc3OC)nc3ccccc3c2=O)CC1. The second-order valence-corrected chi connectivity index (χ2v) is 11.5. The summed E-state index contributed by atoms with van der Waals surface area (Å²) in [6.07, 6.45) is -0.589. The standard InChI is InChI=1S/C35H40FN7O7/c1-6-50-35(47)39(3)22-31(44)40-17-19-41(20-18-40)43-32(38-28-10-8-7-9-27(28)33(43)45)23(2)42(29-16-15-26(48-4)21-30(29)49-5)34(46)37-25-13-11-24(36)12-14-25/h7-16,21,23H,6,17-20,22H2,1-5H3,(H,37,46). The van der Waals surface area contributed by atoms with Gasteiger partial charge in [-0.25, -0.2) is 23.6 Å². The van der Waals surface area contributed by atoms with Crippen LogP contribution in [0.1, 0.15) is 25.7 Å². The number of anilines is 2. The van der Waals surface area contributed by atoms with E-state index < -0.39 is 24.0 Å². The van der Waals surface area contributed by atoms with Crippen LogP contribution in [0.25, 0.3) is 10.9 Å². The third-order valence-electron chi connectivity index (χ3n) is 8.34. The van der Waals surface area contributed by atoms with Crippen LogP contribution in [0.5, 0.6) is 11.5 Å². The number of hydrogen-bond acceptors (Lipinski definition) is 9. The first-order chi connectivity index (χ1) is 24.1. The third kappa shape index (κ3) is 7.56. The Morgan fingerprint density at radius 2 is 1.68 bits per heavy atom. The van der Waals surface area contributed by atoms with Gasteiger partial charge in [0.1, 0.15) is 23.9 Å². The maximum absolute atomic E-state index is 14.3. The van der Waals surface area contributed by atoms with Gasteiger partial charge in [0, 0.05) is 31.9 Å². The number of nitrogens with zero attached hydrogens (tertiary/aromatic N) is 6. The Labute approximate surface area is 288 Å². The molecule has 1 aromatic heterocycles. The van der Waals surface area contributed by atoms with Crippen molar-refractivity contribution in [1.82, 2.24) is 19.5 Å². The summed E-state index contributed by atoms with van der Waals surface area (Å²) in [5, 5.41) is 5.00. The van der Waals surface area contributed by atoms with Gasteiger partial charge < -0.3 is 34.3 Å². The smallest absolute Gasteiger partial charge is 0.409 e. The maximum atomic E-state index is 14.3. The number of halogens is 1. The summed E-state index contributed by atoms with van der Waals surface area (Å²) in [5.74, 6) is 0.358. The van der Waals surface area contributed by atoms with Crippen LogP contribution < -0.4 is 30.3 Å². The fourth-order valence-electron chi connectivity index (χ4n) is 5.74. The highest BCUT2D eigenvalue weighted by Crippen LogP contribution is 2.37. The summed E-state index contributed by atoms with van der Waals surface area (Å²) < 4.78 is 31.2. The van der Waals surface area contributed by atoms with Gasteiger partial charge in [0.25, 0.3) is 5.56 Å². The molecule has 0 saturated carbocycles. The highest BCUT2D eigenvalue weighted by atomic mass is 19.1. The van der Waals surface area contributed by atoms with E-state index in [0.29, 0.717) is 33.8 Å². The number of amides is 4. The molecule has 3 aromatic carbocycles. The monoisotopic (exact) mass is 689 g/mol. The number of likely N-dealkylation sites (N-methyl/N-ethyl adjacent to an activating group) is 1. The molecular weight excluding hydrogens is 649 g/mol. The molecule has 0 bridgehead atoms. The molecule has 1 saturated heterocycles. The van der Waals surface area contributed by atoms with E-state index in [0.717, 1.165) is 0 Å². The van der Waals surface area contributed by atoms with Gasteiger partial charge in [-0.2, -0.15) is 0 Å². The molecule has 5 rings (SSSR count). The van der Waals surface area contributed by atoms with Crippen molar-refractivity contribution in [2.75, 3.05) is 75.8 Å². The predicted molar refractivity (Wildman–Crippen MR) is 186 cm³/mol. The van der Waals surface area contributed by atoms with E-state index in [-0.39, 0.29) is 56.6 Å². The Kier molecular flexibility index (Phi) is 11.0. The minimum Gasteiger partial charge on any atom is -0.497 e. The van der Waals surface area contributed by atoms with Gasteiger partial charge in [-0.1, -0.05) is 12.1 Å². The summed E-state index contributed by atoms with van der Waals surface area (Å²) in [6.45, 7) is 4.54. The lowest BCUT2D eigenvalue weighted by Crippen LogP contribution is -2.58. The maximum Gasteiger partial charge on any atom is 0.409 e. The molecule has 2 heterocycles. The van der Waals surface area contributed by atoms with E-state index in [1.165, 1.54) is 60.0 Å². The normalized spacial score (nSPS) is 13.4. The lowest BCUT2D eigenvalue weighted by Gasteiger charge is -2.39. The molecule has 0 spiro atoms. The number of hydrogen-bond donors (Lipinski definition) is 1.